The number of ether oxygens (including phenoxy) is 3. The minimum absolute atomic E-state index is 0.172. The topological polar surface area (TPSA) is 27.7 Å². The average molecular weight is 570 g/mol. The summed E-state index contributed by atoms with van der Waals surface area (Å²) >= 11 is 0. The van der Waals surface area contributed by atoms with Crippen LogP contribution in [0.4, 0.5) is 43.9 Å². The third-order valence-electron chi connectivity index (χ3n) is 5.32. The van der Waals surface area contributed by atoms with Crippen LogP contribution in [0.3, 0.4) is 0 Å². The van der Waals surface area contributed by atoms with Gasteiger partial charge in [0.05, 0.1) is 5.56 Å². The van der Waals surface area contributed by atoms with Gasteiger partial charge >= 0.3 is 18.8 Å². The van der Waals surface area contributed by atoms with E-state index in [1.807, 2.05) is 6.92 Å². The fourth-order valence-corrected chi connectivity index (χ4v) is 3.55. The van der Waals surface area contributed by atoms with Crippen LogP contribution in [-0.4, -0.2) is 6.61 Å². The Bertz CT molecular complexity index is 1230. The van der Waals surface area contributed by atoms with Crippen LogP contribution in [0.25, 0.3) is 0 Å². The van der Waals surface area contributed by atoms with Gasteiger partial charge in [-0.15, -0.1) is 0 Å². The lowest BCUT2D eigenvalue weighted by Crippen LogP contribution is -2.26. The normalized spacial score (nSPS) is 12.1. The highest BCUT2D eigenvalue weighted by molar-refractivity contribution is 5.37. The van der Waals surface area contributed by atoms with Crippen molar-refractivity contribution < 1.29 is 58.1 Å². The molecule has 0 bridgehead atoms. The van der Waals surface area contributed by atoms with Crippen molar-refractivity contribution in [3.05, 3.63) is 88.5 Å². The third-order valence-corrected chi connectivity index (χ3v) is 5.32. The molecule has 0 saturated carbocycles. The Hall–Kier alpha value is -3.64. The van der Waals surface area contributed by atoms with E-state index in [1.165, 1.54) is 0 Å². The van der Waals surface area contributed by atoms with Crippen molar-refractivity contribution in [2.75, 3.05) is 0 Å². The van der Waals surface area contributed by atoms with Gasteiger partial charge in [0.15, 0.2) is 17.4 Å². The second kappa shape index (κ2) is 12.0. The number of halogens is 10. The molecule has 39 heavy (non-hydrogen) atoms. The second-order valence-corrected chi connectivity index (χ2v) is 8.25. The lowest BCUT2D eigenvalue weighted by atomic mass is 10.0. The first-order valence-electron chi connectivity index (χ1n) is 11.4. The predicted octanol–water partition coefficient (Wildman–Crippen LogP) is 8.83. The standard InChI is InChI=1S/C26H20F10O3/c1-2-3-4-5-14-10-18(27)22(19(28)11-14)26(35,36)38-16-8-6-15(7-9-16)25(33,34)39-17-12-20(29)23(21(30)13-17)37-24(31)32/h6-13,24H,2-5H2,1H3. The lowest BCUT2D eigenvalue weighted by molar-refractivity contribution is -0.190. The second-order valence-electron chi connectivity index (χ2n) is 8.25. The van der Waals surface area contributed by atoms with E-state index in [-0.39, 0.29) is 24.1 Å². The van der Waals surface area contributed by atoms with Gasteiger partial charge in [0.2, 0.25) is 0 Å². The SMILES string of the molecule is CCCCCc1cc(F)c(C(F)(F)Oc2ccc(C(F)(F)Oc3cc(F)c(OC(F)F)c(F)c3)cc2)c(F)c1. The van der Waals surface area contributed by atoms with Crippen LogP contribution in [0.1, 0.15) is 42.9 Å². The highest BCUT2D eigenvalue weighted by atomic mass is 19.3. The van der Waals surface area contributed by atoms with Gasteiger partial charge in [-0.2, -0.15) is 26.3 Å². The number of benzene rings is 3. The van der Waals surface area contributed by atoms with E-state index < -0.39 is 70.5 Å². The van der Waals surface area contributed by atoms with Crippen LogP contribution in [0.2, 0.25) is 0 Å². The molecule has 0 aromatic heterocycles. The van der Waals surface area contributed by atoms with Crippen LogP contribution in [-0.2, 0) is 18.6 Å². The number of alkyl halides is 6. The Labute approximate surface area is 215 Å². The summed E-state index contributed by atoms with van der Waals surface area (Å²) in [7, 11) is 0. The quantitative estimate of drug-likeness (QED) is 0.161. The molecule has 3 aromatic carbocycles. The molecule has 0 N–H and O–H groups in total. The molecule has 0 unspecified atom stereocenters. The molecule has 212 valence electrons. The van der Waals surface area contributed by atoms with E-state index in [0.29, 0.717) is 30.7 Å². The molecule has 3 nitrogen and oxygen atoms in total. The molecular weight excluding hydrogens is 550 g/mol. The molecule has 0 aliphatic carbocycles. The zero-order valence-corrected chi connectivity index (χ0v) is 20.0. The maximum atomic E-state index is 14.6. The number of aryl methyl sites for hydroxylation is 1. The summed E-state index contributed by atoms with van der Waals surface area (Å²) in [6, 6.07) is 4.22. The molecule has 3 aromatic rings. The maximum absolute atomic E-state index is 14.6. The van der Waals surface area contributed by atoms with E-state index in [9.17, 15) is 43.9 Å². The molecule has 0 spiro atoms. The maximum Gasteiger partial charge on any atom is 0.432 e. The van der Waals surface area contributed by atoms with Crippen LogP contribution in [0.5, 0.6) is 17.2 Å². The molecular formula is C26H20F10O3. The Kier molecular flexibility index (Phi) is 9.23. The highest BCUT2D eigenvalue weighted by Gasteiger charge is 2.41. The zero-order valence-electron chi connectivity index (χ0n) is 20.0. The van der Waals surface area contributed by atoms with E-state index in [0.717, 1.165) is 25.0 Å². The van der Waals surface area contributed by atoms with Crippen molar-refractivity contribution in [3.8, 4) is 17.2 Å². The van der Waals surface area contributed by atoms with Gasteiger partial charge in [0.25, 0.3) is 0 Å². The average Bonchev–Trinajstić information content (AvgIpc) is 2.80. The van der Waals surface area contributed by atoms with Gasteiger partial charge in [0, 0.05) is 12.1 Å². The molecule has 3 rings (SSSR count). The van der Waals surface area contributed by atoms with Gasteiger partial charge < -0.3 is 14.2 Å². The summed E-state index contributed by atoms with van der Waals surface area (Å²) in [6.07, 6.45) is -6.32. The highest BCUT2D eigenvalue weighted by Crippen LogP contribution is 2.38. The van der Waals surface area contributed by atoms with Crippen LogP contribution >= 0.6 is 0 Å². The molecule has 0 aliphatic heterocycles. The Morgan fingerprint density at radius 2 is 1.23 bits per heavy atom. The van der Waals surface area contributed by atoms with Crippen molar-refractivity contribution in [3.63, 3.8) is 0 Å². The Balaban J connectivity index is 1.75. The van der Waals surface area contributed by atoms with Gasteiger partial charge in [-0.3, -0.25) is 0 Å². The van der Waals surface area contributed by atoms with E-state index in [2.05, 4.69) is 14.2 Å². The summed E-state index contributed by atoms with van der Waals surface area (Å²) in [6.45, 7) is -1.67. The van der Waals surface area contributed by atoms with Gasteiger partial charge in [-0.05, 0) is 54.8 Å². The van der Waals surface area contributed by atoms with Crippen LogP contribution < -0.4 is 14.2 Å². The zero-order chi connectivity index (χ0) is 29.0. The minimum Gasteiger partial charge on any atom is -0.429 e. The van der Waals surface area contributed by atoms with Gasteiger partial charge in [-0.25, -0.2) is 17.6 Å². The fourth-order valence-electron chi connectivity index (χ4n) is 3.55. The number of hydrogen-bond donors (Lipinski definition) is 0. The molecule has 0 heterocycles. The Morgan fingerprint density at radius 1 is 0.692 bits per heavy atom. The largest absolute Gasteiger partial charge is 0.432 e. The summed E-state index contributed by atoms with van der Waals surface area (Å²) < 4.78 is 151. The van der Waals surface area contributed by atoms with Crippen molar-refractivity contribution >= 4 is 0 Å². The number of unbranched alkanes of at least 4 members (excludes halogenated alkanes) is 2. The first kappa shape index (κ1) is 29.9. The molecule has 0 amide bonds. The minimum atomic E-state index is -4.52. The smallest absolute Gasteiger partial charge is 0.429 e. The van der Waals surface area contributed by atoms with Crippen LogP contribution in [0.15, 0.2) is 48.5 Å². The third kappa shape index (κ3) is 7.48. The van der Waals surface area contributed by atoms with E-state index in [1.54, 1.807) is 0 Å². The molecule has 0 saturated heterocycles. The van der Waals surface area contributed by atoms with Crippen molar-refractivity contribution in [1.29, 1.82) is 0 Å². The molecule has 0 radical (unpaired) electrons. The van der Waals surface area contributed by atoms with Crippen molar-refractivity contribution in [2.45, 2.75) is 51.4 Å². The van der Waals surface area contributed by atoms with E-state index in [4.69, 9.17) is 0 Å². The molecule has 0 aliphatic rings. The van der Waals surface area contributed by atoms with Crippen molar-refractivity contribution in [1.82, 2.24) is 0 Å². The number of rotatable bonds is 12. The van der Waals surface area contributed by atoms with Gasteiger partial charge in [0.1, 0.15) is 28.7 Å². The first-order valence-corrected chi connectivity index (χ1v) is 11.4. The summed E-state index contributed by atoms with van der Waals surface area (Å²) in [4.78, 5) is 0. The van der Waals surface area contributed by atoms with Crippen molar-refractivity contribution in [2.24, 2.45) is 0 Å². The summed E-state index contributed by atoms with van der Waals surface area (Å²) in [5, 5.41) is 0. The fraction of sp³-hybridized carbons (Fsp3) is 0.308. The molecule has 0 fully saturated rings. The predicted molar refractivity (Wildman–Crippen MR) is 118 cm³/mol. The summed E-state index contributed by atoms with van der Waals surface area (Å²) in [5.74, 6) is -9.97. The van der Waals surface area contributed by atoms with Gasteiger partial charge in [-0.1, -0.05) is 19.8 Å². The molecule has 13 heteroatoms. The molecule has 0 atom stereocenters. The Morgan fingerprint density at radius 3 is 1.74 bits per heavy atom. The summed E-state index contributed by atoms with van der Waals surface area (Å²) in [5.41, 5.74) is -2.48. The van der Waals surface area contributed by atoms with E-state index >= 15 is 0 Å². The lowest BCUT2D eigenvalue weighted by Gasteiger charge is -2.21. The van der Waals surface area contributed by atoms with Crippen LogP contribution in [0, 0.1) is 23.3 Å². The number of hydrogen-bond acceptors (Lipinski definition) is 3. The monoisotopic (exact) mass is 570 g/mol. The first-order chi connectivity index (χ1) is 18.2.